The van der Waals surface area contributed by atoms with Gasteiger partial charge in [0, 0.05) is 36.2 Å². The number of aryl methyl sites for hydroxylation is 2. The molecule has 3 heterocycles. The van der Waals surface area contributed by atoms with Gasteiger partial charge in [-0.2, -0.15) is 0 Å². The summed E-state index contributed by atoms with van der Waals surface area (Å²) < 4.78 is 4.79. The molecule has 3 aromatic heterocycles. The Bertz CT molecular complexity index is 2050. The third-order valence-corrected chi connectivity index (χ3v) is 7.94. The van der Waals surface area contributed by atoms with Crippen LogP contribution in [0.3, 0.4) is 0 Å². The average Bonchev–Trinajstić information content (AvgIpc) is 3.24. The molecule has 178 valence electrons. The molecule has 3 heteroatoms. The van der Waals surface area contributed by atoms with Crippen molar-refractivity contribution in [1.29, 1.82) is 0 Å². The lowest BCUT2D eigenvalue weighted by Gasteiger charge is -2.16. The number of aromatic nitrogens is 2. The number of fused-ring (bicyclic) bond motifs is 5. The van der Waals surface area contributed by atoms with Gasteiger partial charge in [0.15, 0.2) is 6.20 Å². The first-order chi connectivity index (χ1) is 17.9. The van der Waals surface area contributed by atoms with Crippen molar-refractivity contribution in [3.8, 4) is 11.1 Å². The van der Waals surface area contributed by atoms with Crippen LogP contribution in [0.4, 0.5) is 0 Å². The summed E-state index contributed by atoms with van der Waals surface area (Å²) in [7, 11) is 2.15. The molecule has 0 unspecified atom stereocenters. The maximum absolute atomic E-state index is 7.73. The molecule has 0 bridgehead atoms. The molecule has 7 rings (SSSR count). The van der Waals surface area contributed by atoms with E-state index in [4.69, 9.17) is 6.57 Å². The highest BCUT2D eigenvalue weighted by Gasteiger charge is 2.28. The van der Waals surface area contributed by atoms with Crippen LogP contribution in [0.5, 0.6) is 0 Å². The van der Waals surface area contributed by atoms with Crippen LogP contribution in [0.2, 0.25) is 0 Å². The van der Waals surface area contributed by atoms with Gasteiger partial charge in [-0.1, -0.05) is 66.7 Å². The Morgan fingerprint density at radius 2 is 1.65 bits per heavy atom. The molecule has 0 amide bonds. The summed E-state index contributed by atoms with van der Waals surface area (Å²) in [6, 6.07) is 28.8. The molecule has 0 fully saturated rings. The van der Waals surface area contributed by atoms with Crippen LogP contribution in [0.25, 0.3) is 65.0 Å². The molecule has 0 saturated heterocycles. The second-order valence-corrected chi connectivity index (χ2v) is 11.0. The van der Waals surface area contributed by atoms with Crippen molar-refractivity contribution in [3.63, 3.8) is 0 Å². The van der Waals surface area contributed by atoms with Crippen LogP contribution in [-0.2, 0) is 13.5 Å². The van der Waals surface area contributed by atoms with Gasteiger partial charge in [-0.25, -0.2) is 11.1 Å². The molecule has 7 aromatic rings. The Morgan fingerprint density at radius 3 is 2.43 bits per heavy atom. The molecule has 0 aliphatic carbocycles. The van der Waals surface area contributed by atoms with Crippen LogP contribution in [0.1, 0.15) is 25.0 Å². The van der Waals surface area contributed by atoms with Gasteiger partial charge in [0.05, 0.1) is 33.7 Å². The predicted molar refractivity (Wildman–Crippen MR) is 154 cm³/mol. The quantitative estimate of drug-likeness (QED) is 0.106. The predicted octanol–water partition coefficient (Wildman–Crippen LogP) is 8.03. The number of pyridine rings is 2. The third kappa shape index (κ3) is 3.02. The minimum absolute atomic E-state index is 0.449. The number of hydrogen-bond donors (Lipinski definition) is 0. The summed E-state index contributed by atoms with van der Waals surface area (Å²) in [5.74, 6) is 0. The highest BCUT2D eigenvalue weighted by molar-refractivity contribution is 6.27. The normalized spacial score (nSPS) is 12.4. The Kier molecular flexibility index (Phi) is 4.45. The minimum Gasteiger partial charge on any atom is -0.311 e. The van der Waals surface area contributed by atoms with E-state index in [1.807, 2.05) is 13.8 Å². The maximum atomic E-state index is 7.73. The van der Waals surface area contributed by atoms with Gasteiger partial charge >= 0.3 is 0 Å². The molecule has 0 saturated carbocycles. The zero-order chi connectivity index (χ0) is 25.5. The highest BCUT2D eigenvalue weighted by Crippen LogP contribution is 2.43. The fourth-order valence-electron chi connectivity index (χ4n) is 6.31. The van der Waals surface area contributed by atoms with Gasteiger partial charge in [0.2, 0.25) is 11.1 Å². The second kappa shape index (κ2) is 7.54. The van der Waals surface area contributed by atoms with Gasteiger partial charge in [-0.05, 0) is 35.1 Å². The highest BCUT2D eigenvalue weighted by atomic mass is 15.0. The Labute approximate surface area is 216 Å². The van der Waals surface area contributed by atoms with Crippen molar-refractivity contribution in [3.05, 3.63) is 108 Å². The zero-order valence-corrected chi connectivity index (χ0v) is 21.6. The molecular formula is C34H28N3+. The van der Waals surface area contributed by atoms with E-state index in [2.05, 4.69) is 113 Å². The number of benzene rings is 4. The summed E-state index contributed by atoms with van der Waals surface area (Å²) in [4.78, 5) is 3.92. The summed E-state index contributed by atoms with van der Waals surface area (Å²) >= 11 is 0. The lowest BCUT2D eigenvalue weighted by Crippen LogP contribution is -2.29. The van der Waals surface area contributed by atoms with Crippen LogP contribution in [-0.4, -0.2) is 9.94 Å². The van der Waals surface area contributed by atoms with E-state index in [0.717, 1.165) is 0 Å². The van der Waals surface area contributed by atoms with Gasteiger partial charge in [-0.15, -0.1) is 0 Å². The van der Waals surface area contributed by atoms with Gasteiger partial charge in [0.1, 0.15) is 7.05 Å². The lowest BCUT2D eigenvalue weighted by molar-refractivity contribution is -0.643. The Balaban J connectivity index is 1.79. The van der Waals surface area contributed by atoms with Crippen LogP contribution in [0, 0.1) is 13.5 Å². The molecule has 0 radical (unpaired) electrons. The number of nitrogens with zero attached hydrogens (tertiary/aromatic N) is 3. The van der Waals surface area contributed by atoms with Crippen molar-refractivity contribution >= 4 is 49.0 Å². The van der Waals surface area contributed by atoms with Gasteiger partial charge < -0.3 is 9.25 Å². The van der Waals surface area contributed by atoms with E-state index in [1.54, 1.807) is 0 Å². The molecule has 4 aromatic carbocycles. The Morgan fingerprint density at radius 1 is 0.865 bits per heavy atom. The molecule has 0 spiro atoms. The van der Waals surface area contributed by atoms with Crippen molar-refractivity contribution in [2.45, 2.75) is 32.7 Å². The van der Waals surface area contributed by atoms with Crippen LogP contribution in [0.15, 0.2) is 85.1 Å². The maximum Gasteiger partial charge on any atom is 0.231 e. The minimum atomic E-state index is -0.449. The van der Waals surface area contributed by atoms with E-state index in [9.17, 15) is 0 Å². The van der Waals surface area contributed by atoms with Gasteiger partial charge in [0.25, 0.3) is 0 Å². The topological polar surface area (TPSA) is 12.7 Å². The molecular weight excluding hydrogens is 450 g/mol. The molecule has 0 atom stereocenters. The second-order valence-electron chi connectivity index (χ2n) is 11.0. The van der Waals surface area contributed by atoms with Crippen LogP contribution >= 0.6 is 0 Å². The first-order valence-electron chi connectivity index (χ1n) is 12.8. The first kappa shape index (κ1) is 21.8. The monoisotopic (exact) mass is 478 g/mol. The molecule has 0 N–H and O–H groups in total. The summed E-state index contributed by atoms with van der Waals surface area (Å²) in [6.45, 7) is 14.0. The van der Waals surface area contributed by atoms with Crippen molar-refractivity contribution in [2.24, 2.45) is 7.05 Å². The molecule has 3 nitrogen and oxygen atoms in total. The van der Waals surface area contributed by atoms with Crippen molar-refractivity contribution < 1.29 is 4.57 Å². The van der Waals surface area contributed by atoms with Crippen molar-refractivity contribution in [2.75, 3.05) is 0 Å². The average molecular weight is 479 g/mol. The van der Waals surface area contributed by atoms with E-state index >= 15 is 0 Å². The number of hydrogen-bond acceptors (Lipinski definition) is 0. The van der Waals surface area contributed by atoms with Crippen LogP contribution < -0.4 is 4.57 Å². The molecule has 37 heavy (non-hydrogen) atoms. The fourth-order valence-corrected chi connectivity index (χ4v) is 6.31. The standard InChI is InChI=1S/C34H28N3/c1-21-14-15-27-26-13-9-12-25(23-10-7-6-8-11-23)31(26)37-28-19-22(20-34(2,3)35-4)18-24-16-17-36(5)33(30(24)28)29(21)32(27)37/h6-19H,20H2,1-3,5H3/q+1. The lowest BCUT2D eigenvalue weighted by atomic mass is 9.92. The van der Waals surface area contributed by atoms with E-state index in [-0.39, 0.29) is 0 Å². The van der Waals surface area contributed by atoms with Crippen molar-refractivity contribution in [1.82, 2.24) is 4.40 Å². The molecule has 0 aliphatic heterocycles. The first-order valence-corrected chi connectivity index (χ1v) is 12.8. The summed E-state index contributed by atoms with van der Waals surface area (Å²) in [5, 5.41) is 6.36. The number of para-hydroxylation sites is 1. The largest absolute Gasteiger partial charge is 0.311 e. The number of rotatable bonds is 3. The smallest absolute Gasteiger partial charge is 0.231 e. The zero-order valence-electron chi connectivity index (χ0n) is 21.6. The van der Waals surface area contributed by atoms with Gasteiger partial charge in [-0.3, -0.25) is 0 Å². The molecule has 0 aliphatic rings. The third-order valence-electron chi connectivity index (χ3n) is 7.94. The summed E-state index contributed by atoms with van der Waals surface area (Å²) in [6.07, 6.45) is 2.89. The summed E-state index contributed by atoms with van der Waals surface area (Å²) in [5.41, 5.74) is 9.49. The SMILES string of the molecule is [C-]#[N+]C(C)(C)Cc1cc2cc[n+](C)c3c4c(C)ccc5c6cccc(-c7ccccc7)c6n(c(c1)c23)c54. The Hall–Kier alpha value is -4.42. The van der Waals surface area contributed by atoms with E-state index in [0.29, 0.717) is 6.42 Å². The van der Waals surface area contributed by atoms with E-state index < -0.39 is 5.54 Å². The fraction of sp³-hybridized carbons (Fsp3) is 0.176. The van der Waals surface area contributed by atoms with E-state index in [1.165, 1.54) is 71.3 Å².